The molecule has 0 aliphatic carbocycles. The lowest BCUT2D eigenvalue weighted by molar-refractivity contribution is 0.167. The first-order valence-electron chi connectivity index (χ1n) is 5.15. The summed E-state index contributed by atoms with van der Waals surface area (Å²) in [4.78, 5) is 0. The summed E-state index contributed by atoms with van der Waals surface area (Å²) in [5.41, 5.74) is 6.36. The van der Waals surface area contributed by atoms with Gasteiger partial charge in [-0.3, -0.25) is 0 Å². The number of sulfone groups is 1. The molecule has 4 nitrogen and oxygen atoms in total. The molecule has 0 fully saturated rings. The highest BCUT2D eigenvalue weighted by molar-refractivity contribution is 7.90. The van der Waals surface area contributed by atoms with Crippen LogP contribution in [0.25, 0.3) is 0 Å². The van der Waals surface area contributed by atoms with Gasteiger partial charge >= 0.3 is 0 Å². The molecular weight excluding hydrogens is 262 g/mol. The molecule has 0 saturated heterocycles. The Bertz CT molecular complexity index is 458. The summed E-state index contributed by atoms with van der Waals surface area (Å²) in [6.07, 6.45) is 0.0854. The zero-order chi connectivity index (χ0) is 13.1. The molecule has 1 aromatic rings. The maximum Gasteiger partial charge on any atom is 0.150 e. The van der Waals surface area contributed by atoms with E-state index in [1.807, 2.05) is 0 Å². The molecule has 0 spiro atoms. The van der Waals surface area contributed by atoms with E-state index in [0.29, 0.717) is 5.02 Å². The fraction of sp³-hybridized carbons (Fsp3) is 0.455. The molecule has 0 amide bonds. The molecular formula is C11H16ClNO3S. The van der Waals surface area contributed by atoms with E-state index < -0.39 is 21.9 Å². The molecule has 0 heterocycles. The van der Waals surface area contributed by atoms with Crippen LogP contribution in [0.3, 0.4) is 0 Å². The Labute approximate surface area is 106 Å². The molecule has 6 heteroatoms. The molecule has 2 atom stereocenters. The minimum atomic E-state index is -3.23. The second kappa shape index (κ2) is 5.82. The standard InChI is InChI=1S/C11H16ClNO3S/c1-17(15,16)7-11(14)10(6-13)8-2-4-9(12)5-3-8/h2-5,10-11,14H,6-7,13H2,1H3. The van der Waals surface area contributed by atoms with Gasteiger partial charge in [0.2, 0.25) is 0 Å². The zero-order valence-electron chi connectivity index (χ0n) is 9.51. The highest BCUT2D eigenvalue weighted by Crippen LogP contribution is 2.21. The lowest BCUT2D eigenvalue weighted by atomic mass is 9.94. The SMILES string of the molecule is CS(=O)(=O)CC(O)C(CN)c1ccc(Cl)cc1. The van der Waals surface area contributed by atoms with Crippen LogP contribution in [0.4, 0.5) is 0 Å². The van der Waals surface area contributed by atoms with Gasteiger partial charge in [-0.15, -0.1) is 0 Å². The summed E-state index contributed by atoms with van der Waals surface area (Å²) in [5.74, 6) is -0.695. The van der Waals surface area contributed by atoms with Gasteiger partial charge in [0.15, 0.2) is 0 Å². The van der Waals surface area contributed by atoms with Crippen molar-refractivity contribution in [2.24, 2.45) is 5.73 Å². The largest absolute Gasteiger partial charge is 0.391 e. The first-order valence-corrected chi connectivity index (χ1v) is 7.58. The zero-order valence-corrected chi connectivity index (χ0v) is 11.1. The molecule has 2 unspecified atom stereocenters. The van der Waals surface area contributed by atoms with Gasteiger partial charge in [0, 0.05) is 23.7 Å². The number of rotatable bonds is 5. The first-order chi connectivity index (χ1) is 7.83. The van der Waals surface area contributed by atoms with Crippen molar-refractivity contribution in [2.45, 2.75) is 12.0 Å². The van der Waals surface area contributed by atoms with E-state index in [-0.39, 0.29) is 12.3 Å². The van der Waals surface area contributed by atoms with Gasteiger partial charge in [0.1, 0.15) is 9.84 Å². The number of aliphatic hydroxyl groups excluding tert-OH is 1. The van der Waals surface area contributed by atoms with Gasteiger partial charge in [-0.1, -0.05) is 23.7 Å². The van der Waals surface area contributed by atoms with Crippen LogP contribution < -0.4 is 5.73 Å². The highest BCUT2D eigenvalue weighted by Gasteiger charge is 2.23. The summed E-state index contributed by atoms with van der Waals surface area (Å²) in [7, 11) is -3.23. The number of hydrogen-bond donors (Lipinski definition) is 2. The summed E-state index contributed by atoms with van der Waals surface area (Å²) in [6.45, 7) is 0.179. The Balaban J connectivity index is 2.88. The molecule has 3 N–H and O–H groups in total. The minimum absolute atomic E-state index is 0.179. The number of halogens is 1. The molecule has 0 bridgehead atoms. The Morgan fingerprint density at radius 2 is 1.88 bits per heavy atom. The first kappa shape index (κ1) is 14.4. The summed E-state index contributed by atoms with van der Waals surface area (Å²) < 4.78 is 22.3. The minimum Gasteiger partial charge on any atom is -0.391 e. The van der Waals surface area contributed by atoms with Gasteiger partial charge in [0.25, 0.3) is 0 Å². The third kappa shape index (κ3) is 4.63. The summed E-state index contributed by atoms with van der Waals surface area (Å²) >= 11 is 5.76. The van der Waals surface area contributed by atoms with Crippen molar-refractivity contribution in [1.82, 2.24) is 0 Å². The molecule has 0 aliphatic rings. The van der Waals surface area contributed by atoms with E-state index in [1.54, 1.807) is 24.3 Å². The fourth-order valence-corrected chi connectivity index (χ4v) is 2.63. The molecule has 17 heavy (non-hydrogen) atoms. The van der Waals surface area contributed by atoms with Gasteiger partial charge in [0.05, 0.1) is 11.9 Å². The van der Waals surface area contributed by atoms with Crippen molar-refractivity contribution >= 4 is 21.4 Å². The lowest BCUT2D eigenvalue weighted by Gasteiger charge is -2.21. The fourth-order valence-electron chi connectivity index (χ4n) is 1.65. The van der Waals surface area contributed by atoms with E-state index in [4.69, 9.17) is 17.3 Å². The molecule has 0 aromatic heterocycles. The van der Waals surface area contributed by atoms with Gasteiger partial charge in [-0.05, 0) is 17.7 Å². The van der Waals surface area contributed by atoms with Gasteiger partial charge in [-0.2, -0.15) is 0 Å². The van der Waals surface area contributed by atoms with E-state index in [0.717, 1.165) is 11.8 Å². The number of hydrogen-bond acceptors (Lipinski definition) is 4. The maximum absolute atomic E-state index is 11.1. The summed E-state index contributed by atoms with van der Waals surface area (Å²) in [5, 5.41) is 10.5. The van der Waals surface area contributed by atoms with Crippen molar-refractivity contribution < 1.29 is 13.5 Å². The Morgan fingerprint density at radius 3 is 2.29 bits per heavy atom. The topological polar surface area (TPSA) is 80.4 Å². The van der Waals surface area contributed by atoms with Crippen LogP contribution in [-0.4, -0.2) is 38.2 Å². The molecule has 96 valence electrons. The third-order valence-corrected chi connectivity index (χ3v) is 3.69. The molecule has 0 aliphatic heterocycles. The molecule has 1 rings (SSSR count). The number of nitrogens with two attached hydrogens (primary N) is 1. The lowest BCUT2D eigenvalue weighted by Crippen LogP contribution is -2.31. The van der Waals surface area contributed by atoms with Crippen LogP contribution in [0.1, 0.15) is 11.5 Å². The van der Waals surface area contributed by atoms with E-state index >= 15 is 0 Å². The Kier molecular flexibility index (Phi) is 4.94. The summed E-state index contributed by atoms with van der Waals surface area (Å²) in [6, 6.07) is 6.86. The normalized spacial score (nSPS) is 15.5. The Hall–Kier alpha value is -0.620. The van der Waals surface area contributed by atoms with Crippen LogP contribution in [0.15, 0.2) is 24.3 Å². The van der Waals surface area contributed by atoms with Crippen molar-refractivity contribution in [1.29, 1.82) is 0 Å². The Morgan fingerprint density at radius 1 is 1.35 bits per heavy atom. The van der Waals surface area contributed by atoms with E-state index in [1.165, 1.54) is 0 Å². The van der Waals surface area contributed by atoms with Gasteiger partial charge in [-0.25, -0.2) is 8.42 Å². The van der Waals surface area contributed by atoms with Crippen LogP contribution in [0, 0.1) is 0 Å². The van der Waals surface area contributed by atoms with Crippen molar-refractivity contribution in [2.75, 3.05) is 18.6 Å². The third-order valence-electron chi connectivity index (χ3n) is 2.49. The smallest absolute Gasteiger partial charge is 0.150 e. The molecule has 1 aromatic carbocycles. The second-order valence-electron chi connectivity index (χ2n) is 4.05. The number of benzene rings is 1. The van der Waals surface area contributed by atoms with E-state index in [9.17, 15) is 13.5 Å². The second-order valence-corrected chi connectivity index (χ2v) is 6.67. The van der Waals surface area contributed by atoms with Crippen molar-refractivity contribution in [3.05, 3.63) is 34.9 Å². The van der Waals surface area contributed by atoms with Crippen LogP contribution in [0.2, 0.25) is 5.02 Å². The van der Waals surface area contributed by atoms with Crippen molar-refractivity contribution in [3.8, 4) is 0 Å². The monoisotopic (exact) mass is 277 g/mol. The molecule has 0 saturated carbocycles. The quantitative estimate of drug-likeness (QED) is 0.834. The average molecular weight is 278 g/mol. The van der Waals surface area contributed by atoms with Crippen LogP contribution >= 0.6 is 11.6 Å². The van der Waals surface area contributed by atoms with E-state index in [2.05, 4.69) is 0 Å². The predicted octanol–water partition coefficient (Wildman–Crippen LogP) is 0.788. The number of aliphatic hydroxyl groups is 1. The van der Waals surface area contributed by atoms with Crippen molar-refractivity contribution in [3.63, 3.8) is 0 Å². The van der Waals surface area contributed by atoms with Crippen LogP contribution in [-0.2, 0) is 9.84 Å². The van der Waals surface area contributed by atoms with Crippen LogP contribution in [0.5, 0.6) is 0 Å². The average Bonchev–Trinajstić information content (AvgIpc) is 2.19. The highest BCUT2D eigenvalue weighted by atomic mass is 35.5. The predicted molar refractivity (Wildman–Crippen MR) is 69.0 cm³/mol. The maximum atomic E-state index is 11.1. The van der Waals surface area contributed by atoms with Gasteiger partial charge < -0.3 is 10.8 Å². The molecule has 0 radical (unpaired) electrons.